The van der Waals surface area contributed by atoms with Gasteiger partial charge in [-0.2, -0.15) is 0 Å². The number of non-ortho nitro benzene ring substituents is 1. The number of sulfone groups is 1. The minimum absolute atomic E-state index is 0.0189. The van der Waals surface area contributed by atoms with Gasteiger partial charge in [-0.1, -0.05) is 0 Å². The normalized spacial score (nSPS) is 11.0. The zero-order valence-corrected chi connectivity index (χ0v) is 15.4. The topological polar surface area (TPSA) is 133 Å². The second-order valence-corrected chi connectivity index (χ2v) is 7.29. The highest BCUT2D eigenvalue weighted by Crippen LogP contribution is 2.22. The molecule has 0 atom stereocenters. The first kappa shape index (κ1) is 21.5. The molecule has 0 heterocycles. The number of carbonyl (C=O) groups is 2. The van der Waals surface area contributed by atoms with E-state index in [4.69, 9.17) is 9.47 Å². The maximum atomic E-state index is 12.7. The largest absolute Gasteiger partial charge is 0.465 e. The summed E-state index contributed by atoms with van der Waals surface area (Å²) in [6.45, 7) is 1.47. The Bertz CT molecular complexity index is 791. The lowest BCUT2D eigenvalue weighted by molar-refractivity contribution is -0.385. The van der Waals surface area contributed by atoms with Crippen LogP contribution < -0.4 is 0 Å². The van der Waals surface area contributed by atoms with Gasteiger partial charge in [0, 0.05) is 37.6 Å². The number of carbonyl (C=O) groups excluding carboxylic acids is 2. The Morgan fingerprint density at radius 1 is 1.27 bits per heavy atom. The van der Waals surface area contributed by atoms with Gasteiger partial charge in [0.1, 0.15) is 6.54 Å². The molecule has 0 bridgehead atoms. The maximum absolute atomic E-state index is 12.7. The molecule has 0 aliphatic rings. The molecule has 0 unspecified atom stereocenters. The van der Waals surface area contributed by atoms with Gasteiger partial charge < -0.3 is 14.4 Å². The standard InChI is InChI=1S/C15H20N2O8S/c1-4-25-14(18)10-16(5-6-24-2)15(19)11-7-12(17(20)21)9-13(8-11)26(3,22)23/h7-9H,4-6,10H2,1-3H3. The van der Waals surface area contributed by atoms with E-state index in [-0.39, 0.29) is 30.2 Å². The van der Waals surface area contributed by atoms with Crippen LogP contribution in [0.4, 0.5) is 5.69 Å². The Morgan fingerprint density at radius 2 is 1.92 bits per heavy atom. The molecule has 0 fully saturated rings. The van der Waals surface area contributed by atoms with Crippen molar-refractivity contribution in [2.24, 2.45) is 0 Å². The van der Waals surface area contributed by atoms with Crippen LogP contribution in [0.2, 0.25) is 0 Å². The Hall–Kier alpha value is -2.53. The lowest BCUT2D eigenvalue weighted by Gasteiger charge is -2.21. The van der Waals surface area contributed by atoms with E-state index in [1.54, 1.807) is 6.92 Å². The van der Waals surface area contributed by atoms with Crippen LogP contribution in [0.5, 0.6) is 0 Å². The summed E-state index contributed by atoms with van der Waals surface area (Å²) >= 11 is 0. The van der Waals surface area contributed by atoms with Gasteiger partial charge in [0.25, 0.3) is 11.6 Å². The smallest absolute Gasteiger partial charge is 0.325 e. The molecule has 0 aliphatic heterocycles. The van der Waals surface area contributed by atoms with Gasteiger partial charge in [0.05, 0.1) is 23.0 Å². The zero-order valence-electron chi connectivity index (χ0n) is 14.6. The van der Waals surface area contributed by atoms with Crippen LogP contribution >= 0.6 is 0 Å². The highest BCUT2D eigenvalue weighted by molar-refractivity contribution is 7.90. The molecule has 11 heteroatoms. The number of ether oxygens (including phenoxy) is 2. The first-order valence-corrected chi connectivity index (χ1v) is 9.42. The molecule has 26 heavy (non-hydrogen) atoms. The van der Waals surface area contributed by atoms with E-state index in [0.29, 0.717) is 0 Å². The van der Waals surface area contributed by atoms with Gasteiger partial charge in [-0.25, -0.2) is 8.42 Å². The number of amides is 1. The molecule has 0 saturated carbocycles. The highest BCUT2D eigenvalue weighted by atomic mass is 32.2. The Labute approximate surface area is 150 Å². The fourth-order valence-corrected chi connectivity index (χ4v) is 2.70. The number of methoxy groups -OCH3 is 1. The number of hydrogen-bond donors (Lipinski definition) is 0. The van der Waals surface area contributed by atoms with E-state index in [2.05, 4.69) is 0 Å². The van der Waals surface area contributed by atoms with Crippen molar-refractivity contribution in [2.75, 3.05) is 39.7 Å². The molecule has 1 rings (SSSR count). The van der Waals surface area contributed by atoms with E-state index >= 15 is 0 Å². The van der Waals surface area contributed by atoms with Crippen molar-refractivity contribution in [3.63, 3.8) is 0 Å². The summed E-state index contributed by atoms with van der Waals surface area (Å²) in [4.78, 5) is 35.4. The van der Waals surface area contributed by atoms with Gasteiger partial charge in [-0.3, -0.25) is 19.7 Å². The van der Waals surface area contributed by atoms with Crippen molar-refractivity contribution in [2.45, 2.75) is 11.8 Å². The predicted octanol–water partition coefficient (Wildman–Crippen LogP) is 0.650. The van der Waals surface area contributed by atoms with Crippen molar-refractivity contribution >= 4 is 27.4 Å². The fourth-order valence-electron chi connectivity index (χ4n) is 2.03. The number of rotatable bonds is 9. The Morgan fingerprint density at radius 3 is 2.42 bits per heavy atom. The maximum Gasteiger partial charge on any atom is 0.325 e. The molecule has 0 spiro atoms. The summed E-state index contributed by atoms with van der Waals surface area (Å²) in [7, 11) is -2.38. The summed E-state index contributed by atoms with van der Waals surface area (Å²) in [5.74, 6) is -1.41. The van der Waals surface area contributed by atoms with Crippen molar-refractivity contribution in [1.29, 1.82) is 0 Å². The monoisotopic (exact) mass is 388 g/mol. The molecular formula is C15H20N2O8S. The minimum Gasteiger partial charge on any atom is -0.465 e. The van der Waals surface area contributed by atoms with Gasteiger partial charge in [-0.05, 0) is 13.0 Å². The zero-order chi connectivity index (χ0) is 19.9. The Kier molecular flexibility index (Phi) is 7.65. The molecule has 0 radical (unpaired) electrons. The SMILES string of the molecule is CCOC(=O)CN(CCOC)C(=O)c1cc([N+](=O)[O-])cc(S(C)(=O)=O)c1. The number of hydrogen-bond acceptors (Lipinski definition) is 8. The summed E-state index contributed by atoms with van der Waals surface area (Å²) < 4.78 is 33.2. The highest BCUT2D eigenvalue weighted by Gasteiger charge is 2.24. The third-order valence-electron chi connectivity index (χ3n) is 3.26. The summed E-state index contributed by atoms with van der Waals surface area (Å²) in [5, 5.41) is 11.1. The van der Waals surface area contributed by atoms with Crippen LogP contribution in [0.25, 0.3) is 0 Å². The second-order valence-electron chi connectivity index (χ2n) is 5.27. The minimum atomic E-state index is -3.78. The van der Waals surface area contributed by atoms with Crippen molar-refractivity contribution < 1.29 is 32.4 Å². The molecule has 0 aliphatic carbocycles. The third kappa shape index (κ3) is 6.08. The predicted molar refractivity (Wildman–Crippen MR) is 90.6 cm³/mol. The van der Waals surface area contributed by atoms with Crippen LogP contribution in [-0.4, -0.2) is 69.8 Å². The Balaban J connectivity index is 3.29. The summed E-state index contributed by atoms with van der Waals surface area (Å²) in [5.41, 5.74) is -0.765. The molecule has 1 aromatic rings. The number of nitrogens with zero attached hydrogens (tertiary/aromatic N) is 2. The quantitative estimate of drug-likeness (QED) is 0.342. The van der Waals surface area contributed by atoms with Gasteiger partial charge in [0.15, 0.2) is 9.84 Å². The van der Waals surface area contributed by atoms with Gasteiger partial charge in [0.2, 0.25) is 0 Å². The molecule has 0 saturated heterocycles. The van der Waals surface area contributed by atoms with E-state index < -0.39 is 38.9 Å². The van der Waals surface area contributed by atoms with Crippen molar-refractivity contribution in [1.82, 2.24) is 4.90 Å². The lowest BCUT2D eigenvalue weighted by Crippen LogP contribution is -2.38. The van der Waals surface area contributed by atoms with Crippen LogP contribution in [0.1, 0.15) is 17.3 Å². The van der Waals surface area contributed by atoms with Crippen LogP contribution in [0, 0.1) is 10.1 Å². The molecule has 10 nitrogen and oxygen atoms in total. The van der Waals surface area contributed by atoms with Crippen molar-refractivity contribution in [3.05, 3.63) is 33.9 Å². The van der Waals surface area contributed by atoms with E-state index in [9.17, 15) is 28.1 Å². The molecular weight excluding hydrogens is 368 g/mol. The first-order chi connectivity index (χ1) is 12.1. The number of nitro groups is 1. The van der Waals surface area contributed by atoms with Gasteiger partial charge >= 0.3 is 5.97 Å². The molecule has 1 aromatic carbocycles. The average Bonchev–Trinajstić information content (AvgIpc) is 2.56. The number of benzene rings is 1. The third-order valence-corrected chi connectivity index (χ3v) is 4.35. The van der Waals surface area contributed by atoms with E-state index in [1.165, 1.54) is 7.11 Å². The van der Waals surface area contributed by atoms with E-state index in [0.717, 1.165) is 29.4 Å². The second kappa shape index (κ2) is 9.25. The molecule has 1 amide bonds. The van der Waals surface area contributed by atoms with Crippen molar-refractivity contribution in [3.8, 4) is 0 Å². The summed E-state index contributed by atoms with van der Waals surface area (Å²) in [6, 6.07) is 2.87. The van der Waals surface area contributed by atoms with Crippen LogP contribution in [0.3, 0.4) is 0 Å². The van der Waals surface area contributed by atoms with Crippen LogP contribution in [0.15, 0.2) is 23.1 Å². The molecule has 144 valence electrons. The van der Waals surface area contributed by atoms with E-state index in [1.807, 2.05) is 0 Å². The molecule has 0 aromatic heterocycles. The number of esters is 1. The average molecular weight is 388 g/mol. The van der Waals surface area contributed by atoms with Gasteiger partial charge in [-0.15, -0.1) is 0 Å². The van der Waals surface area contributed by atoms with Crippen LogP contribution in [-0.2, 0) is 24.1 Å². The summed E-state index contributed by atoms with van der Waals surface area (Å²) in [6.07, 6.45) is 0.877. The number of nitro benzene ring substituents is 1. The lowest BCUT2D eigenvalue weighted by atomic mass is 10.1. The fraction of sp³-hybridized carbons (Fsp3) is 0.467. The molecule has 0 N–H and O–H groups in total. The first-order valence-electron chi connectivity index (χ1n) is 7.53.